The van der Waals surface area contributed by atoms with E-state index in [2.05, 4.69) is 14.9 Å². The van der Waals surface area contributed by atoms with Crippen LogP contribution in [-0.2, 0) is 32.7 Å². The molecular weight excluding hydrogens is 400 g/mol. The highest BCUT2D eigenvalue weighted by molar-refractivity contribution is 7.93. The van der Waals surface area contributed by atoms with Crippen molar-refractivity contribution in [2.75, 3.05) is 10.5 Å². The molecule has 0 radical (unpaired) electrons. The maximum atomic E-state index is 12.1. The molecule has 0 amide bonds. The number of aromatic nitrogens is 2. The largest absolute Gasteiger partial charge is 0.458 e. The van der Waals surface area contributed by atoms with Crippen molar-refractivity contribution in [2.45, 2.75) is 20.1 Å². The van der Waals surface area contributed by atoms with Crippen molar-refractivity contribution >= 4 is 50.1 Å². The van der Waals surface area contributed by atoms with E-state index >= 15 is 0 Å². The molecule has 140 valence electrons. The molecule has 0 aliphatic rings. The molecule has 1 heterocycles. The monoisotopic (exact) mass is 416 g/mol. The molecule has 2 aromatic rings. The minimum Gasteiger partial charge on any atom is -0.458 e. The fraction of sp³-hybridized carbons (Fsp3) is 0.267. The SMILES string of the molecule is CC(=O)OCc1nnc(NS(=O)(=O)CC=Cc2cccc(Cl)c2CN)s1. The van der Waals surface area contributed by atoms with E-state index in [-0.39, 0.29) is 24.0 Å². The number of nitrogens with two attached hydrogens (primary N) is 1. The van der Waals surface area contributed by atoms with E-state index in [1.807, 2.05) is 0 Å². The number of nitrogens with zero attached hydrogens (tertiary/aromatic N) is 2. The van der Waals surface area contributed by atoms with Gasteiger partial charge < -0.3 is 10.5 Å². The zero-order valence-electron chi connectivity index (χ0n) is 13.8. The number of carbonyl (C=O) groups excluding carboxylic acids is 1. The Morgan fingerprint density at radius 1 is 1.42 bits per heavy atom. The lowest BCUT2D eigenvalue weighted by molar-refractivity contribution is -0.142. The van der Waals surface area contributed by atoms with Gasteiger partial charge in [0, 0.05) is 18.5 Å². The van der Waals surface area contributed by atoms with Gasteiger partial charge in [0.2, 0.25) is 15.2 Å². The number of rotatable bonds is 8. The van der Waals surface area contributed by atoms with Gasteiger partial charge in [-0.05, 0) is 17.2 Å². The highest BCUT2D eigenvalue weighted by Gasteiger charge is 2.13. The molecule has 0 bridgehead atoms. The van der Waals surface area contributed by atoms with Crippen LogP contribution >= 0.6 is 22.9 Å². The molecule has 3 N–H and O–H groups in total. The van der Waals surface area contributed by atoms with Crippen molar-refractivity contribution in [3.63, 3.8) is 0 Å². The van der Waals surface area contributed by atoms with Crippen molar-refractivity contribution in [1.29, 1.82) is 0 Å². The van der Waals surface area contributed by atoms with Crippen LogP contribution in [-0.4, -0.2) is 30.3 Å². The molecule has 0 aliphatic heterocycles. The highest BCUT2D eigenvalue weighted by atomic mass is 35.5. The maximum absolute atomic E-state index is 12.1. The Morgan fingerprint density at radius 3 is 2.88 bits per heavy atom. The van der Waals surface area contributed by atoms with Gasteiger partial charge in [0.15, 0.2) is 5.01 Å². The smallest absolute Gasteiger partial charge is 0.303 e. The Bertz CT molecular complexity index is 912. The Labute approximate surface area is 160 Å². The minimum atomic E-state index is -3.65. The van der Waals surface area contributed by atoms with Crippen LogP contribution in [0.2, 0.25) is 5.02 Å². The third-order valence-electron chi connectivity index (χ3n) is 3.08. The molecule has 0 fully saturated rings. The van der Waals surface area contributed by atoms with E-state index < -0.39 is 16.0 Å². The average molecular weight is 417 g/mol. The summed E-state index contributed by atoms with van der Waals surface area (Å²) in [6.45, 7) is 1.47. The third kappa shape index (κ3) is 6.06. The fourth-order valence-corrected chi connectivity index (χ4v) is 3.99. The summed E-state index contributed by atoms with van der Waals surface area (Å²) in [7, 11) is -3.65. The quantitative estimate of drug-likeness (QED) is 0.631. The lowest BCUT2D eigenvalue weighted by Crippen LogP contribution is -2.15. The minimum absolute atomic E-state index is 0.0503. The first kappa shape index (κ1) is 20.3. The summed E-state index contributed by atoms with van der Waals surface area (Å²) in [5.41, 5.74) is 7.17. The molecular formula is C15H17ClN4O4S2. The van der Waals surface area contributed by atoms with Crippen LogP contribution in [0.4, 0.5) is 5.13 Å². The molecule has 0 aliphatic carbocycles. The summed E-state index contributed by atoms with van der Waals surface area (Å²) in [6.07, 6.45) is 3.15. The molecule has 8 nitrogen and oxygen atoms in total. The van der Waals surface area contributed by atoms with Gasteiger partial charge in [0.05, 0.1) is 5.75 Å². The van der Waals surface area contributed by atoms with E-state index in [1.165, 1.54) is 13.0 Å². The summed E-state index contributed by atoms with van der Waals surface area (Å²) in [5.74, 6) is -0.715. The van der Waals surface area contributed by atoms with E-state index in [9.17, 15) is 13.2 Å². The Balaban J connectivity index is 1.99. The maximum Gasteiger partial charge on any atom is 0.303 e. The normalized spacial score (nSPS) is 11.7. The summed E-state index contributed by atoms with van der Waals surface area (Å²) < 4.78 is 31.4. The van der Waals surface area contributed by atoms with Crippen LogP contribution in [0.3, 0.4) is 0 Å². The van der Waals surface area contributed by atoms with E-state index in [0.717, 1.165) is 22.5 Å². The van der Waals surface area contributed by atoms with Crippen molar-refractivity contribution < 1.29 is 17.9 Å². The van der Waals surface area contributed by atoms with Gasteiger partial charge in [0.1, 0.15) is 6.61 Å². The highest BCUT2D eigenvalue weighted by Crippen LogP contribution is 2.21. The van der Waals surface area contributed by atoms with Crippen LogP contribution in [0, 0.1) is 0 Å². The van der Waals surface area contributed by atoms with Crippen molar-refractivity contribution in [3.8, 4) is 0 Å². The number of ether oxygens (including phenoxy) is 1. The number of esters is 1. The summed E-state index contributed by atoms with van der Waals surface area (Å²) >= 11 is 7.06. The first-order chi connectivity index (χ1) is 12.3. The van der Waals surface area contributed by atoms with E-state index in [0.29, 0.717) is 10.0 Å². The predicted octanol–water partition coefficient (Wildman–Crippen LogP) is 2.17. The zero-order chi connectivity index (χ0) is 19.2. The number of carbonyl (C=O) groups is 1. The summed E-state index contributed by atoms with van der Waals surface area (Å²) in [6, 6.07) is 5.29. The van der Waals surface area contributed by atoms with Crippen molar-refractivity contribution in [1.82, 2.24) is 10.2 Å². The lowest BCUT2D eigenvalue weighted by Gasteiger charge is -2.05. The van der Waals surface area contributed by atoms with Gasteiger partial charge in [-0.25, -0.2) is 8.42 Å². The molecule has 0 unspecified atom stereocenters. The number of anilines is 1. The Morgan fingerprint density at radius 2 is 2.19 bits per heavy atom. The topological polar surface area (TPSA) is 124 Å². The van der Waals surface area contributed by atoms with Gasteiger partial charge in [0.25, 0.3) is 0 Å². The second-order valence-electron chi connectivity index (χ2n) is 5.08. The Hall–Kier alpha value is -2.01. The van der Waals surface area contributed by atoms with Crippen molar-refractivity contribution in [2.24, 2.45) is 5.73 Å². The van der Waals surface area contributed by atoms with Crippen LogP contribution in [0.25, 0.3) is 6.08 Å². The van der Waals surface area contributed by atoms with Crippen LogP contribution < -0.4 is 10.5 Å². The molecule has 26 heavy (non-hydrogen) atoms. The van der Waals surface area contributed by atoms with Gasteiger partial charge in [-0.3, -0.25) is 9.52 Å². The molecule has 0 saturated heterocycles. The number of halogens is 1. The summed E-state index contributed by atoms with van der Waals surface area (Å²) in [5, 5.41) is 8.49. The van der Waals surface area contributed by atoms with Crippen LogP contribution in [0.15, 0.2) is 24.3 Å². The molecule has 0 spiro atoms. The van der Waals surface area contributed by atoms with Gasteiger partial charge >= 0.3 is 5.97 Å². The second-order valence-corrected chi connectivity index (χ2v) is 8.32. The first-order valence-electron chi connectivity index (χ1n) is 7.41. The van der Waals surface area contributed by atoms with Gasteiger partial charge in [-0.2, -0.15) is 0 Å². The second kappa shape index (κ2) is 9.08. The lowest BCUT2D eigenvalue weighted by atomic mass is 10.1. The number of hydrogen-bond acceptors (Lipinski definition) is 8. The number of nitrogens with one attached hydrogen (secondary N) is 1. The zero-order valence-corrected chi connectivity index (χ0v) is 16.2. The Kier molecular flexibility index (Phi) is 7.09. The van der Waals surface area contributed by atoms with Crippen LogP contribution in [0.5, 0.6) is 0 Å². The molecule has 0 saturated carbocycles. The molecule has 1 aromatic heterocycles. The van der Waals surface area contributed by atoms with E-state index in [4.69, 9.17) is 22.1 Å². The number of benzene rings is 1. The third-order valence-corrected chi connectivity index (χ3v) is 5.51. The standard InChI is InChI=1S/C15H17ClN4O4S2/c1-10(21)24-9-14-18-19-15(25-14)20-26(22,23)7-3-5-11-4-2-6-13(16)12(11)8-17/h2-6H,7-9,17H2,1H3,(H,19,20). The number of sulfonamides is 1. The van der Waals surface area contributed by atoms with E-state index in [1.54, 1.807) is 24.3 Å². The molecule has 1 aromatic carbocycles. The predicted molar refractivity (Wildman–Crippen MR) is 101 cm³/mol. The molecule has 0 atom stereocenters. The van der Waals surface area contributed by atoms with Crippen LogP contribution in [0.1, 0.15) is 23.1 Å². The molecule has 11 heteroatoms. The van der Waals surface area contributed by atoms with Crippen molar-refractivity contribution in [3.05, 3.63) is 45.4 Å². The summed E-state index contributed by atoms with van der Waals surface area (Å²) in [4.78, 5) is 10.8. The first-order valence-corrected chi connectivity index (χ1v) is 10.3. The number of hydrogen-bond donors (Lipinski definition) is 2. The average Bonchev–Trinajstić information content (AvgIpc) is 2.99. The van der Waals surface area contributed by atoms with Gasteiger partial charge in [-0.15, -0.1) is 10.2 Å². The van der Waals surface area contributed by atoms with Gasteiger partial charge in [-0.1, -0.05) is 47.2 Å². The molecule has 2 rings (SSSR count). The fourth-order valence-electron chi connectivity index (χ4n) is 1.94.